The third-order valence-electron chi connectivity index (χ3n) is 5.93. The van der Waals surface area contributed by atoms with Crippen LogP contribution in [0.3, 0.4) is 0 Å². The third-order valence-corrected chi connectivity index (χ3v) is 5.93. The van der Waals surface area contributed by atoms with E-state index in [0.717, 1.165) is 28.3 Å². The maximum Gasteiger partial charge on any atom is 0.573 e. The highest BCUT2D eigenvalue weighted by Gasteiger charge is 2.31. The second-order valence-corrected chi connectivity index (χ2v) is 8.61. The number of hydrogen-bond acceptors (Lipinski definition) is 8. The van der Waals surface area contributed by atoms with E-state index < -0.39 is 6.36 Å². The Balaban J connectivity index is 1.27. The van der Waals surface area contributed by atoms with E-state index in [4.69, 9.17) is 4.52 Å². The number of aromatic nitrogens is 7. The van der Waals surface area contributed by atoms with Gasteiger partial charge < -0.3 is 14.6 Å². The molecule has 0 unspecified atom stereocenters. The molecule has 5 rings (SSSR count). The van der Waals surface area contributed by atoms with Crippen molar-refractivity contribution in [3.8, 4) is 28.7 Å². The maximum absolute atomic E-state index is 12.4. The molecular formula is C25H23F3N8O2. The summed E-state index contributed by atoms with van der Waals surface area (Å²) in [5, 5.41) is 16.1. The van der Waals surface area contributed by atoms with Crippen LogP contribution in [0.25, 0.3) is 23.0 Å². The summed E-state index contributed by atoms with van der Waals surface area (Å²) >= 11 is 0. The molecule has 0 spiro atoms. The predicted molar refractivity (Wildman–Crippen MR) is 131 cm³/mol. The number of hydrogen-bond donors (Lipinski definition) is 1. The fraction of sp³-hybridized carbons (Fsp3) is 0.240. The normalized spacial score (nSPS) is 11.6. The number of rotatable bonds is 8. The molecule has 0 aliphatic rings. The summed E-state index contributed by atoms with van der Waals surface area (Å²) in [6, 6.07) is 10.9. The van der Waals surface area contributed by atoms with Gasteiger partial charge in [0.2, 0.25) is 5.82 Å². The number of halogens is 3. The molecule has 4 aromatic heterocycles. The monoisotopic (exact) mass is 524 g/mol. The predicted octanol–water partition coefficient (Wildman–Crippen LogP) is 4.90. The maximum atomic E-state index is 12.4. The lowest BCUT2D eigenvalue weighted by Crippen LogP contribution is -2.16. The van der Waals surface area contributed by atoms with E-state index in [1.165, 1.54) is 24.3 Å². The Bertz CT molecular complexity index is 1550. The Morgan fingerprint density at radius 3 is 2.58 bits per heavy atom. The first-order chi connectivity index (χ1) is 18.1. The summed E-state index contributed by atoms with van der Waals surface area (Å²) in [4.78, 5) is 8.75. The van der Waals surface area contributed by atoms with Gasteiger partial charge in [-0.3, -0.25) is 9.36 Å². The van der Waals surface area contributed by atoms with Gasteiger partial charge in [-0.05, 0) is 61.9 Å². The van der Waals surface area contributed by atoms with Gasteiger partial charge in [-0.15, -0.1) is 13.2 Å². The summed E-state index contributed by atoms with van der Waals surface area (Å²) in [5.74, 6) is 0.825. The Kier molecular flexibility index (Phi) is 6.57. The van der Waals surface area contributed by atoms with E-state index in [1.807, 2.05) is 54.7 Å². The lowest BCUT2D eigenvalue weighted by Gasteiger charge is -2.08. The molecule has 0 aliphatic heterocycles. The third kappa shape index (κ3) is 5.66. The zero-order valence-corrected chi connectivity index (χ0v) is 20.7. The van der Waals surface area contributed by atoms with Crippen molar-refractivity contribution in [3.63, 3.8) is 0 Å². The van der Waals surface area contributed by atoms with E-state index in [2.05, 4.69) is 35.4 Å². The van der Waals surface area contributed by atoms with Gasteiger partial charge in [0, 0.05) is 42.3 Å². The van der Waals surface area contributed by atoms with Crippen molar-refractivity contribution in [2.24, 2.45) is 7.05 Å². The number of alkyl halides is 3. The second-order valence-electron chi connectivity index (χ2n) is 8.61. The van der Waals surface area contributed by atoms with Crippen LogP contribution in [0.5, 0.6) is 5.75 Å². The number of pyridine rings is 1. The molecule has 38 heavy (non-hydrogen) atoms. The Labute approximate surface area is 215 Å². The molecule has 13 heteroatoms. The van der Waals surface area contributed by atoms with Gasteiger partial charge in [-0.1, -0.05) is 5.16 Å². The minimum Gasteiger partial charge on any atom is -0.406 e. The fourth-order valence-electron chi connectivity index (χ4n) is 3.77. The van der Waals surface area contributed by atoms with Gasteiger partial charge in [0.05, 0.1) is 12.7 Å². The van der Waals surface area contributed by atoms with Crippen molar-refractivity contribution in [2.75, 3.05) is 5.32 Å². The molecule has 0 fully saturated rings. The largest absolute Gasteiger partial charge is 0.573 e. The summed E-state index contributed by atoms with van der Waals surface area (Å²) in [5.41, 5.74) is 5.02. The second kappa shape index (κ2) is 10.00. The summed E-state index contributed by atoms with van der Waals surface area (Å²) in [6.07, 6.45) is -1.19. The van der Waals surface area contributed by atoms with Crippen molar-refractivity contribution in [3.05, 3.63) is 77.4 Å². The van der Waals surface area contributed by atoms with Gasteiger partial charge in [0.15, 0.2) is 5.69 Å². The van der Waals surface area contributed by atoms with E-state index in [1.54, 1.807) is 6.20 Å². The molecule has 0 aliphatic carbocycles. The molecule has 1 aromatic carbocycles. The number of anilines is 1. The van der Waals surface area contributed by atoms with Crippen molar-refractivity contribution >= 4 is 5.82 Å². The Morgan fingerprint density at radius 2 is 1.87 bits per heavy atom. The zero-order chi connectivity index (χ0) is 26.9. The SMILES string of the molecule is Cc1c(CNc2cc(Cn3nc(-c4nc(-c5ccc(OC(F)(F)F)cc5)no4)cc3C)ccn2)cnn1C. The Hall–Kier alpha value is -4.68. The van der Waals surface area contributed by atoms with Crippen molar-refractivity contribution in [1.82, 2.24) is 34.7 Å². The number of nitrogens with one attached hydrogen (secondary N) is 1. The number of aryl methyl sites for hydroxylation is 2. The van der Waals surface area contributed by atoms with Gasteiger partial charge in [0.1, 0.15) is 11.6 Å². The minimum atomic E-state index is -4.76. The van der Waals surface area contributed by atoms with E-state index in [0.29, 0.717) is 24.3 Å². The summed E-state index contributed by atoms with van der Waals surface area (Å²) in [7, 11) is 1.90. The molecule has 4 heterocycles. The van der Waals surface area contributed by atoms with Gasteiger partial charge in [-0.2, -0.15) is 15.2 Å². The molecule has 0 atom stereocenters. The topological polar surface area (TPSA) is 109 Å². The zero-order valence-electron chi connectivity index (χ0n) is 20.7. The summed E-state index contributed by atoms with van der Waals surface area (Å²) < 4.78 is 50.0. The van der Waals surface area contributed by atoms with Gasteiger partial charge >= 0.3 is 6.36 Å². The van der Waals surface area contributed by atoms with Crippen LogP contribution < -0.4 is 10.1 Å². The molecule has 1 N–H and O–H groups in total. The van der Waals surface area contributed by atoms with Gasteiger partial charge in [-0.25, -0.2) is 4.98 Å². The van der Waals surface area contributed by atoms with Crippen molar-refractivity contribution in [1.29, 1.82) is 0 Å². The van der Waals surface area contributed by atoms with Crippen LogP contribution in [0.1, 0.15) is 22.5 Å². The molecule has 0 saturated carbocycles. The van der Waals surface area contributed by atoms with Crippen LogP contribution in [0.15, 0.2) is 59.4 Å². The smallest absolute Gasteiger partial charge is 0.406 e. The standard InChI is InChI=1S/C25H23F3N8O2/c1-15-10-21(24-32-23(34-38-24)18-4-6-20(7-5-18)37-25(26,27)28)33-36(15)14-17-8-9-29-22(11-17)30-12-19-13-31-35(3)16(19)2/h4-11,13H,12,14H2,1-3H3,(H,29,30). The van der Waals surface area contributed by atoms with Crippen LogP contribution in [0.4, 0.5) is 19.0 Å². The van der Waals surface area contributed by atoms with Crippen LogP contribution in [0.2, 0.25) is 0 Å². The molecule has 196 valence electrons. The quantitative estimate of drug-likeness (QED) is 0.305. The first-order valence-corrected chi connectivity index (χ1v) is 11.6. The molecule has 0 bridgehead atoms. The lowest BCUT2D eigenvalue weighted by atomic mass is 10.2. The number of nitrogens with zero attached hydrogens (tertiary/aromatic N) is 7. The first kappa shape index (κ1) is 25.0. The van der Waals surface area contributed by atoms with Crippen molar-refractivity contribution in [2.45, 2.75) is 33.3 Å². The average Bonchev–Trinajstić information content (AvgIpc) is 3.58. The van der Waals surface area contributed by atoms with E-state index in [9.17, 15) is 13.2 Å². The van der Waals surface area contributed by atoms with Gasteiger partial charge in [0.25, 0.3) is 5.89 Å². The fourth-order valence-corrected chi connectivity index (χ4v) is 3.77. The minimum absolute atomic E-state index is 0.196. The lowest BCUT2D eigenvalue weighted by molar-refractivity contribution is -0.274. The molecular weight excluding hydrogens is 501 g/mol. The summed E-state index contributed by atoms with van der Waals surface area (Å²) in [6.45, 7) is 5.04. The number of benzene rings is 1. The first-order valence-electron chi connectivity index (χ1n) is 11.6. The van der Waals surface area contributed by atoms with E-state index >= 15 is 0 Å². The molecule has 10 nitrogen and oxygen atoms in total. The molecule has 0 amide bonds. The van der Waals surface area contributed by atoms with Crippen LogP contribution >= 0.6 is 0 Å². The number of ether oxygens (including phenoxy) is 1. The molecule has 5 aromatic rings. The highest BCUT2D eigenvalue weighted by atomic mass is 19.4. The molecule has 0 radical (unpaired) electrons. The Morgan fingerprint density at radius 1 is 1.08 bits per heavy atom. The van der Waals surface area contributed by atoms with Crippen LogP contribution in [0, 0.1) is 13.8 Å². The highest BCUT2D eigenvalue weighted by Crippen LogP contribution is 2.27. The molecule has 0 saturated heterocycles. The van der Waals surface area contributed by atoms with Crippen LogP contribution in [-0.2, 0) is 20.1 Å². The van der Waals surface area contributed by atoms with E-state index in [-0.39, 0.29) is 17.5 Å². The average molecular weight is 525 g/mol. The van der Waals surface area contributed by atoms with Crippen LogP contribution in [-0.4, -0.2) is 41.0 Å². The highest BCUT2D eigenvalue weighted by molar-refractivity contribution is 5.59. The van der Waals surface area contributed by atoms with Crippen molar-refractivity contribution < 1.29 is 22.4 Å².